The van der Waals surface area contributed by atoms with Gasteiger partial charge in [0.2, 0.25) is 0 Å². The van der Waals surface area contributed by atoms with Crippen molar-refractivity contribution in [2.75, 3.05) is 7.05 Å². The summed E-state index contributed by atoms with van der Waals surface area (Å²) < 4.78 is 28.9. The van der Waals surface area contributed by atoms with Crippen LogP contribution in [0.4, 0.5) is 8.78 Å². The van der Waals surface area contributed by atoms with Gasteiger partial charge in [-0.2, -0.15) is 8.78 Å². The molecule has 1 unspecified atom stereocenters. The second-order valence-corrected chi connectivity index (χ2v) is 4.71. The van der Waals surface area contributed by atoms with E-state index in [1.54, 1.807) is 18.2 Å². The zero-order valence-corrected chi connectivity index (χ0v) is 11.8. The molecule has 1 atom stereocenters. The van der Waals surface area contributed by atoms with Crippen molar-refractivity contribution in [3.8, 4) is 5.75 Å². The van der Waals surface area contributed by atoms with Crippen molar-refractivity contribution in [1.82, 2.24) is 5.32 Å². The van der Waals surface area contributed by atoms with Gasteiger partial charge in [0, 0.05) is 6.04 Å². The Morgan fingerprint density at radius 1 is 1.21 bits per heavy atom. The minimum atomic E-state index is -2.78. The Bertz CT molecular complexity index is 367. The zero-order chi connectivity index (χ0) is 14.3. The van der Waals surface area contributed by atoms with Crippen LogP contribution in [0.15, 0.2) is 24.3 Å². The highest BCUT2D eigenvalue weighted by Gasteiger charge is 2.15. The highest BCUT2D eigenvalue weighted by atomic mass is 19.3. The van der Waals surface area contributed by atoms with Gasteiger partial charge in [0.25, 0.3) is 0 Å². The van der Waals surface area contributed by atoms with E-state index < -0.39 is 6.61 Å². The van der Waals surface area contributed by atoms with Gasteiger partial charge < -0.3 is 10.1 Å². The molecule has 0 saturated heterocycles. The average molecular weight is 271 g/mol. The van der Waals surface area contributed by atoms with Crippen molar-refractivity contribution in [3.05, 3.63) is 29.8 Å². The maximum Gasteiger partial charge on any atom is 0.387 e. The quantitative estimate of drug-likeness (QED) is 0.758. The maximum absolute atomic E-state index is 12.2. The summed E-state index contributed by atoms with van der Waals surface area (Å²) in [5, 5.41) is 3.25. The fraction of sp³-hybridized carbons (Fsp3) is 0.600. The number of halogens is 2. The van der Waals surface area contributed by atoms with Crippen LogP contribution in [0.3, 0.4) is 0 Å². The van der Waals surface area contributed by atoms with Gasteiger partial charge in [-0.1, -0.05) is 38.8 Å². The van der Waals surface area contributed by atoms with Gasteiger partial charge >= 0.3 is 6.61 Å². The molecule has 1 N–H and O–H groups in total. The summed E-state index contributed by atoms with van der Waals surface area (Å²) in [6.45, 7) is 1.58. The number of hydrogen-bond donors (Lipinski definition) is 1. The summed E-state index contributed by atoms with van der Waals surface area (Å²) in [6, 6.07) is 7.12. The van der Waals surface area contributed by atoms with Crippen LogP contribution < -0.4 is 10.1 Å². The third kappa shape index (κ3) is 5.15. The topological polar surface area (TPSA) is 21.3 Å². The first kappa shape index (κ1) is 15.9. The minimum absolute atomic E-state index is 0.172. The molecule has 0 aliphatic carbocycles. The van der Waals surface area contributed by atoms with Crippen LogP contribution in [0.25, 0.3) is 0 Å². The second kappa shape index (κ2) is 8.10. The number of alkyl halides is 2. The van der Waals surface area contributed by atoms with E-state index in [4.69, 9.17) is 0 Å². The number of rotatable bonds is 8. The first-order chi connectivity index (χ1) is 9.10. The van der Waals surface area contributed by atoms with Gasteiger partial charge in [-0.3, -0.25) is 0 Å². The van der Waals surface area contributed by atoms with Crippen molar-refractivity contribution in [2.45, 2.75) is 45.8 Å². The lowest BCUT2D eigenvalue weighted by atomic mass is 9.91. The van der Waals surface area contributed by atoms with Crippen molar-refractivity contribution in [3.63, 3.8) is 0 Å². The molecule has 108 valence electrons. The molecule has 1 aromatic rings. The summed E-state index contributed by atoms with van der Waals surface area (Å²) in [5.74, 6) is 0.856. The third-order valence-electron chi connectivity index (χ3n) is 3.56. The molecule has 19 heavy (non-hydrogen) atoms. The lowest BCUT2D eigenvalue weighted by molar-refractivity contribution is -0.0499. The summed E-state index contributed by atoms with van der Waals surface area (Å²) in [6.07, 6.45) is 3.26. The summed E-state index contributed by atoms with van der Waals surface area (Å²) in [7, 11) is 1.90. The Morgan fingerprint density at radius 3 is 2.42 bits per heavy atom. The van der Waals surface area contributed by atoms with E-state index in [1.807, 2.05) is 13.1 Å². The van der Waals surface area contributed by atoms with Crippen LogP contribution in [0.1, 0.15) is 44.7 Å². The SMILES string of the molecule is CCC(CC)CC(NC)c1cccc(OC(F)F)c1. The molecular weight excluding hydrogens is 248 g/mol. The molecule has 0 saturated carbocycles. The summed E-state index contributed by atoms with van der Waals surface area (Å²) in [4.78, 5) is 0. The predicted octanol–water partition coefficient (Wildman–Crippen LogP) is 4.37. The lowest BCUT2D eigenvalue weighted by Gasteiger charge is -2.22. The van der Waals surface area contributed by atoms with Gasteiger partial charge in [-0.05, 0) is 37.1 Å². The first-order valence-electron chi connectivity index (χ1n) is 6.82. The molecule has 0 aromatic heterocycles. The van der Waals surface area contributed by atoms with Crippen LogP contribution in [0, 0.1) is 5.92 Å². The van der Waals surface area contributed by atoms with E-state index in [2.05, 4.69) is 23.9 Å². The summed E-state index contributed by atoms with van der Waals surface area (Å²) >= 11 is 0. The van der Waals surface area contributed by atoms with Crippen molar-refractivity contribution in [2.24, 2.45) is 5.92 Å². The van der Waals surface area contributed by atoms with Crippen LogP contribution >= 0.6 is 0 Å². The number of nitrogens with one attached hydrogen (secondary N) is 1. The lowest BCUT2D eigenvalue weighted by Crippen LogP contribution is -2.19. The Balaban J connectivity index is 2.80. The van der Waals surface area contributed by atoms with Gasteiger partial charge in [0.15, 0.2) is 0 Å². The molecule has 0 aliphatic heterocycles. The Hall–Kier alpha value is -1.16. The molecule has 0 heterocycles. The van der Waals surface area contributed by atoms with E-state index in [1.165, 1.54) is 0 Å². The fourth-order valence-electron chi connectivity index (χ4n) is 2.28. The van der Waals surface area contributed by atoms with Gasteiger partial charge in [-0.15, -0.1) is 0 Å². The molecule has 0 aliphatic rings. The van der Waals surface area contributed by atoms with E-state index in [9.17, 15) is 8.78 Å². The Morgan fingerprint density at radius 2 is 1.89 bits per heavy atom. The van der Waals surface area contributed by atoms with Gasteiger partial charge in [0.05, 0.1) is 0 Å². The Kier molecular flexibility index (Phi) is 6.78. The predicted molar refractivity (Wildman–Crippen MR) is 73.6 cm³/mol. The molecule has 1 aromatic carbocycles. The number of hydrogen-bond acceptors (Lipinski definition) is 2. The van der Waals surface area contributed by atoms with E-state index >= 15 is 0 Å². The fourth-order valence-corrected chi connectivity index (χ4v) is 2.28. The standard InChI is InChI=1S/C15H23F2NO/c1-4-11(5-2)9-14(18-3)12-7-6-8-13(10-12)19-15(16)17/h6-8,10-11,14-15,18H,4-5,9H2,1-3H3. The smallest absolute Gasteiger partial charge is 0.387 e. The maximum atomic E-state index is 12.2. The first-order valence-corrected chi connectivity index (χ1v) is 6.82. The molecule has 0 spiro atoms. The van der Waals surface area contributed by atoms with E-state index in [-0.39, 0.29) is 11.8 Å². The molecule has 2 nitrogen and oxygen atoms in total. The van der Waals surface area contributed by atoms with Gasteiger partial charge in [-0.25, -0.2) is 0 Å². The minimum Gasteiger partial charge on any atom is -0.435 e. The molecule has 1 rings (SSSR count). The molecule has 0 radical (unpaired) electrons. The highest BCUT2D eigenvalue weighted by Crippen LogP contribution is 2.27. The normalized spacial score (nSPS) is 13.0. The van der Waals surface area contributed by atoms with Crippen LogP contribution in [0.5, 0.6) is 5.75 Å². The number of benzene rings is 1. The van der Waals surface area contributed by atoms with Crippen LogP contribution in [0.2, 0.25) is 0 Å². The highest BCUT2D eigenvalue weighted by molar-refractivity contribution is 5.30. The largest absolute Gasteiger partial charge is 0.435 e. The van der Waals surface area contributed by atoms with E-state index in [0.717, 1.165) is 24.8 Å². The molecule has 0 bridgehead atoms. The molecule has 4 heteroatoms. The summed E-state index contributed by atoms with van der Waals surface area (Å²) in [5.41, 5.74) is 0.993. The monoisotopic (exact) mass is 271 g/mol. The Labute approximate surface area is 114 Å². The third-order valence-corrected chi connectivity index (χ3v) is 3.56. The second-order valence-electron chi connectivity index (χ2n) is 4.71. The molecule has 0 fully saturated rings. The van der Waals surface area contributed by atoms with E-state index in [0.29, 0.717) is 5.92 Å². The van der Waals surface area contributed by atoms with Crippen molar-refractivity contribution >= 4 is 0 Å². The zero-order valence-electron chi connectivity index (χ0n) is 11.8. The molecular formula is C15H23F2NO. The van der Waals surface area contributed by atoms with Crippen LogP contribution in [-0.2, 0) is 0 Å². The van der Waals surface area contributed by atoms with Gasteiger partial charge in [0.1, 0.15) is 5.75 Å². The van der Waals surface area contributed by atoms with Crippen molar-refractivity contribution in [1.29, 1.82) is 0 Å². The van der Waals surface area contributed by atoms with Crippen molar-refractivity contribution < 1.29 is 13.5 Å². The van der Waals surface area contributed by atoms with Crippen LogP contribution in [-0.4, -0.2) is 13.7 Å². The number of ether oxygens (including phenoxy) is 1. The average Bonchev–Trinajstić information content (AvgIpc) is 2.40. The molecule has 0 amide bonds.